The molecule has 180 valence electrons. The van der Waals surface area contributed by atoms with E-state index in [1.165, 1.54) is 0 Å². The maximum Gasteiger partial charge on any atom is 0.264 e. The van der Waals surface area contributed by atoms with Crippen molar-refractivity contribution >= 4 is 27.3 Å². The van der Waals surface area contributed by atoms with Crippen LogP contribution in [0.4, 0.5) is 15.8 Å². The van der Waals surface area contributed by atoms with E-state index in [1.807, 2.05) is 20.8 Å². The minimum atomic E-state index is -4.16. The summed E-state index contributed by atoms with van der Waals surface area (Å²) in [5, 5.41) is 2.70. The SMILES string of the molecule is CCOc1ccc(N(CC(=O)Nc2ccc(OC(C)C)cc2)S(=O)(=O)c2ccc(F)cc2)cc1. The number of benzene rings is 3. The maximum absolute atomic E-state index is 13.4. The van der Waals surface area contributed by atoms with Gasteiger partial charge in [0.05, 0.1) is 23.3 Å². The monoisotopic (exact) mass is 486 g/mol. The number of nitrogens with zero attached hydrogens (tertiary/aromatic N) is 1. The minimum absolute atomic E-state index is 0.0137. The molecule has 0 radical (unpaired) electrons. The lowest BCUT2D eigenvalue weighted by Crippen LogP contribution is -2.38. The number of carbonyl (C=O) groups is 1. The van der Waals surface area contributed by atoms with Crippen LogP contribution in [0.1, 0.15) is 20.8 Å². The average Bonchev–Trinajstić information content (AvgIpc) is 2.79. The Morgan fingerprint density at radius 3 is 2.09 bits per heavy atom. The van der Waals surface area contributed by atoms with Gasteiger partial charge in [0, 0.05) is 5.69 Å². The van der Waals surface area contributed by atoms with Crippen molar-refractivity contribution in [3.63, 3.8) is 0 Å². The number of rotatable bonds is 10. The summed E-state index contributed by atoms with van der Waals surface area (Å²) in [5.41, 5.74) is 0.760. The van der Waals surface area contributed by atoms with E-state index in [0.29, 0.717) is 23.8 Å². The molecule has 1 N–H and O–H groups in total. The molecule has 0 aliphatic rings. The third-order valence-electron chi connectivity index (χ3n) is 4.63. The number of halogens is 1. The summed E-state index contributed by atoms with van der Waals surface area (Å²) in [5.74, 6) is 0.118. The molecule has 3 aromatic rings. The van der Waals surface area contributed by atoms with Crippen LogP contribution in [-0.4, -0.2) is 33.6 Å². The number of anilines is 2. The van der Waals surface area contributed by atoms with E-state index in [2.05, 4.69) is 5.32 Å². The lowest BCUT2D eigenvalue weighted by atomic mass is 10.3. The Morgan fingerprint density at radius 1 is 0.941 bits per heavy atom. The van der Waals surface area contributed by atoms with Crippen LogP contribution < -0.4 is 19.1 Å². The van der Waals surface area contributed by atoms with Gasteiger partial charge in [0.15, 0.2) is 0 Å². The highest BCUT2D eigenvalue weighted by atomic mass is 32.2. The summed E-state index contributed by atoms with van der Waals surface area (Å²) < 4.78 is 52.1. The number of sulfonamides is 1. The number of hydrogen-bond acceptors (Lipinski definition) is 5. The number of hydrogen-bond donors (Lipinski definition) is 1. The lowest BCUT2D eigenvalue weighted by molar-refractivity contribution is -0.114. The van der Waals surface area contributed by atoms with Crippen molar-refractivity contribution in [1.82, 2.24) is 0 Å². The van der Waals surface area contributed by atoms with Crippen LogP contribution >= 0.6 is 0 Å². The molecule has 0 aliphatic heterocycles. The van der Waals surface area contributed by atoms with Gasteiger partial charge in [-0.3, -0.25) is 9.10 Å². The standard InChI is InChI=1S/C25H27FN2O5S/c1-4-32-22-13-9-21(10-14-22)28(34(30,31)24-15-5-19(26)6-16-24)17-25(29)27-20-7-11-23(12-8-20)33-18(2)3/h5-16,18H,4,17H2,1-3H3,(H,27,29). The van der Waals surface area contributed by atoms with Gasteiger partial charge in [-0.15, -0.1) is 0 Å². The van der Waals surface area contributed by atoms with Crippen LogP contribution in [0.25, 0.3) is 0 Å². The van der Waals surface area contributed by atoms with Crippen LogP contribution in [0.15, 0.2) is 77.7 Å². The molecule has 0 saturated carbocycles. The Bertz CT molecular complexity index is 1200. The molecule has 9 heteroatoms. The normalized spacial score (nSPS) is 11.2. The van der Waals surface area contributed by atoms with Gasteiger partial charge in [-0.1, -0.05) is 0 Å². The quantitative estimate of drug-likeness (QED) is 0.443. The zero-order valence-corrected chi connectivity index (χ0v) is 20.0. The molecule has 3 aromatic carbocycles. The Hall–Kier alpha value is -3.59. The summed E-state index contributed by atoms with van der Waals surface area (Å²) in [7, 11) is -4.16. The van der Waals surface area contributed by atoms with Crippen LogP contribution in [-0.2, 0) is 14.8 Å². The van der Waals surface area contributed by atoms with Gasteiger partial charge in [0.25, 0.3) is 10.0 Å². The molecular formula is C25H27FN2O5S. The molecule has 0 unspecified atom stereocenters. The first-order chi connectivity index (χ1) is 16.2. The molecule has 0 atom stereocenters. The second-order valence-corrected chi connectivity index (χ2v) is 9.49. The van der Waals surface area contributed by atoms with Crippen molar-refractivity contribution in [3.8, 4) is 11.5 Å². The molecular weight excluding hydrogens is 459 g/mol. The first kappa shape index (κ1) is 25.0. The molecule has 1 amide bonds. The van der Waals surface area contributed by atoms with Crippen molar-refractivity contribution in [3.05, 3.63) is 78.6 Å². The van der Waals surface area contributed by atoms with Crippen LogP contribution in [0.2, 0.25) is 0 Å². The first-order valence-corrected chi connectivity index (χ1v) is 12.2. The van der Waals surface area contributed by atoms with Gasteiger partial charge in [-0.2, -0.15) is 0 Å². The van der Waals surface area contributed by atoms with Crippen LogP contribution in [0.5, 0.6) is 11.5 Å². The third-order valence-corrected chi connectivity index (χ3v) is 6.42. The van der Waals surface area contributed by atoms with Gasteiger partial charge < -0.3 is 14.8 Å². The molecule has 7 nitrogen and oxygen atoms in total. The predicted octanol–water partition coefficient (Wildman–Crippen LogP) is 4.85. The minimum Gasteiger partial charge on any atom is -0.494 e. The number of ether oxygens (including phenoxy) is 2. The van der Waals surface area contributed by atoms with Gasteiger partial charge in [-0.25, -0.2) is 12.8 Å². The van der Waals surface area contributed by atoms with Crippen LogP contribution in [0, 0.1) is 5.82 Å². The molecule has 0 saturated heterocycles. The van der Waals surface area contributed by atoms with Crippen molar-refractivity contribution in [2.75, 3.05) is 22.8 Å². The maximum atomic E-state index is 13.4. The Kier molecular flexibility index (Phi) is 8.12. The molecule has 0 bridgehead atoms. The first-order valence-electron chi connectivity index (χ1n) is 10.8. The summed E-state index contributed by atoms with van der Waals surface area (Å²) in [6.45, 7) is 5.63. The van der Waals surface area contributed by atoms with Gasteiger partial charge in [-0.05, 0) is 93.6 Å². The third kappa shape index (κ3) is 6.48. The van der Waals surface area contributed by atoms with E-state index < -0.39 is 28.3 Å². The van der Waals surface area contributed by atoms with Crippen molar-refractivity contribution in [1.29, 1.82) is 0 Å². The van der Waals surface area contributed by atoms with E-state index in [1.54, 1.807) is 48.5 Å². The summed E-state index contributed by atoms with van der Waals surface area (Å²) in [6, 6.07) is 17.6. The van der Waals surface area contributed by atoms with Crippen LogP contribution in [0.3, 0.4) is 0 Å². The predicted molar refractivity (Wildman–Crippen MR) is 129 cm³/mol. The molecule has 3 rings (SSSR count). The zero-order valence-electron chi connectivity index (χ0n) is 19.2. The number of amides is 1. The van der Waals surface area contributed by atoms with Gasteiger partial charge >= 0.3 is 0 Å². The second kappa shape index (κ2) is 11.0. The van der Waals surface area contributed by atoms with Gasteiger partial charge in [0.1, 0.15) is 23.9 Å². The molecule has 0 fully saturated rings. The molecule has 0 aromatic heterocycles. The van der Waals surface area contributed by atoms with Crippen molar-refractivity contribution in [2.24, 2.45) is 0 Å². The molecule has 0 heterocycles. The molecule has 34 heavy (non-hydrogen) atoms. The summed E-state index contributed by atoms with van der Waals surface area (Å²) in [4.78, 5) is 12.7. The smallest absolute Gasteiger partial charge is 0.264 e. The number of nitrogens with one attached hydrogen (secondary N) is 1. The summed E-state index contributed by atoms with van der Waals surface area (Å²) >= 11 is 0. The largest absolute Gasteiger partial charge is 0.494 e. The Labute approximate surface area is 199 Å². The van der Waals surface area contributed by atoms with E-state index in [0.717, 1.165) is 28.6 Å². The zero-order chi connectivity index (χ0) is 24.7. The topological polar surface area (TPSA) is 84.9 Å². The molecule has 0 spiro atoms. The average molecular weight is 487 g/mol. The fourth-order valence-electron chi connectivity index (χ4n) is 3.14. The molecule has 0 aliphatic carbocycles. The van der Waals surface area contributed by atoms with E-state index >= 15 is 0 Å². The summed E-state index contributed by atoms with van der Waals surface area (Å²) in [6.07, 6.45) is 0.0137. The fraction of sp³-hybridized carbons (Fsp3) is 0.240. The van der Waals surface area contributed by atoms with Crippen molar-refractivity contribution in [2.45, 2.75) is 31.8 Å². The van der Waals surface area contributed by atoms with E-state index in [4.69, 9.17) is 9.47 Å². The lowest BCUT2D eigenvalue weighted by Gasteiger charge is -2.24. The fourth-order valence-corrected chi connectivity index (χ4v) is 4.57. The number of carbonyl (C=O) groups excluding carboxylic acids is 1. The highest BCUT2D eigenvalue weighted by Crippen LogP contribution is 2.26. The van der Waals surface area contributed by atoms with Gasteiger partial charge in [0.2, 0.25) is 5.91 Å². The Morgan fingerprint density at radius 2 is 1.53 bits per heavy atom. The second-order valence-electron chi connectivity index (χ2n) is 7.63. The van der Waals surface area contributed by atoms with Crippen molar-refractivity contribution < 1.29 is 27.1 Å². The van der Waals surface area contributed by atoms with E-state index in [-0.39, 0.29) is 16.7 Å². The Balaban J connectivity index is 1.85. The highest BCUT2D eigenvalue weighted by molar-refractivity contribution is 7.92. The van der Waals surface area contributed by atoms with E-state index in [9.17, 15) is 17.6 Å². The highest BCUT2D eigenvalue weighted by Gasteiger charge is 2.27.